The Morgan fingerprint density at radius 3 is 2.81 bits per heavy atom. The summed E-state index contributed by atoms with van der Waals surface area (Å²) < 4.78 is 4.47. The molecule has 2 heterocycles. The number of hydrogen-bond donors (Lipinski definition) is 1. The smallest absolute Gasteiger partial charge is 0.195 e. The third kappa shape index (κ3) is 1.92. The monoisotopic (exact) mass is 237 g/mol. The molecular formula is C10H15N5S. The number of nitrogens with one attached hydrogen (secondary N) is 1. The number of aromatic amines is 1. The minimum absolute atomic E-state index is 0.656. The van der Waals surface area contributed by atoms with Gasteiger partial charge >= 0.3 is 0 Å². The van der Waals surface area contributed by atoms with Crippen LogP contribution in [0.2, 0.25) is 0 Å². The Bertz CT molecular complexity index is 548. The van der Waals surface area contributed by atoms with Crippen molar-refractivity contribution in [3.63, 3.8) is 0 Å². The van der Waals surface area contributed by atoms with Crippen molar-refractivity contribution in [2.45, 2.75) is 26.8 Å². The van der Waals surface area contributed by atoms with Crippen molar-refractivity contribution in [3.05, 3.63) is 28.0 Å². The second kappa shape index (κ2) is 4.21. The summed E-state index contributed by atoms with van der Waals surface area (Å²) >= 11 is 5.18. The Labute approximate surface area is 99.1 Å². The highest BCUT2D eigenvalue weighted by Crippen LogP contribution is 2.10. The van der Waals surface area contributed by atoms with E-state index in [-0.39, 0.29) is 0 Å². The third-order valence-electron chi connectivity index (χ3n) is 2.60. The first kappa shape index (κ1) is 11.1. The summed E-state index contributed by atoms with van der Waals surface area (Å²) in [6.45, 7) is 4.78. The molecular weight excluding hydrogens is 222 g/mol. The maximum Gasteiger partial charge on any atom is 0.195 e. The van der Waals surface area contributed by atoms with E-state index >= 15 is 0 Å². The minimum atomic E-state index is 0.656. The lowest BCUT2D eigenvalue weighted by molar-refractivity contribution is 0.743. The van der Waals surface area contributed by atoms with E-state index in [1.807, 2.05) is 29.4 Å². The molecule has 0 saturated carbocycles. The van der Waals surface area contributed by atoms with Crippen LogP contribution in [-0.4, -0.2) is 24.5 Å². The molecule has 0 aromatic carbocycles. The molecule has 0 amide bonds. The average Bonchev–Trinajstić information content (AvgIpc) is 2.75. The van der Waals surface area contributed by atoms with Crippen LogP contribution in [0, 0.1) is 11.7 Å². The van der Waals surface area contributed by atoms with Crippen LogP contribution in [-0.2, 0) is 20.0 Å². The van der Waals surface area contributed by atoms with Crippen molar-refractivity contribution in [1.29, 1.82) is 0 Å². The van der Waals surface area contributed by atoms with E-state index in [9.17, 15) is 0 Å². The van der Waals surface area contributed by atoms with E-state index in [2.05, 4.69) is 22.2 Å². The molecule has 0 bridgehead atoms. The fraction of sp³-hybridized carbons (Fsp3) is 0.500. The normalized spacial score (nSPS) is 10.9. The van der Waals surface area contributed by atoms with E-state index in [4.69, 9.17) is 12.2 Å². The molecule has 6 heteroatoms. The van der Waals surface area contributed by atoms with E-state index in [0.717, 1.165) is 24.5 Å². The maximum absolute atomic E-state index is 5.18. The standard InChI is InChI=1S/C10H15N5S/c1-4-9-8(5-14(3)13-9)6-15-7(2)11-12-10(15)16/h5H,4,6H2,1-3H3,(H,12,16). The maximum atomic E-state index is 5.18. The van der Waals surface area contributed by atoms with Gasteiger partial charge in [0.2, 0.25) is 0 Å². The highest BCUT2D eigenvalue weighted by molar-refractivity contribution is 7.71. The lowest BCUT2D eigenvalue weighted by atomic mass is 10.2. The topological polar surface area (TPSA) is 51.4 Å². The van der Waals surface area contributed by atoms with Gasteiger partial charge in [-0.2, -0.15) is 10.2 Å². The van der Waals surface area contributed by atoms with Gasteiger partial charge in [0.1, 0.15) is 5.82 Å². The van der Waals surface area contributed by atoms with Gasteiger partial charge < -0.3 is 0 Å². The van der Waals surface area contributed by atoms with Gasteiger partial charge in [0, 0.05) is 18.8 Å². The van der Waals surface area contributed by atoms with Crippen molar-refractivity contribution < 1.29 is 0 Å². The first-order valence-corrected chi connectivity index (χ1v) is 5.65. The summed E-state index contributed by atoms with van der Waals surface area (Å²) in [5, 5.41) is 11.3. The Kier molecular flexibility index (Phi) is 2.91. The second-order valence-electron chi connectivity index (χ2n) is 3.79. The van der Waals surface area contributed by atoms with Crippen LogP contribution in [0.3, 0.4) is 0 Å². The number of rotatable bonds is 3. The molecule has 0 radical (unpaired) electrons. The molecule has 86 valence electrons. The first-order chi connectivity index (χ1) is 7.61. The third-order valence-corrected chi connectivity index (χ3v) is 2.92. The van der Waals surface area contributed by atoms with E-state index in [1.54, 1.807) is 0 Å². The van der Waals surface area contributed by atoms with Crippen LogP contribution in [0.5, 0.6) is 0 Å². The number of aryl methyl sites for hydroxylation is 3. The van der Waals surface area contributed by atoms with Crippen LogP contribution in [0.25, 0.3) is 0 Å². The van der Waals surface area contributed by atoms with Crippen LogP contribution >= 0.6 is 12.2 Å². The Balaban J connectivity index is 2.37. The fourth-order valence-electron chi connectivity index (χ4n) is 1.77. The molecule has 0 unspecified atom stereocenters. The molecule has 0 fully saturated rings. The van der Waals surface area contributed by atoms with Gasteiger partial charge in [-0.1, -0.05) is 6.92 Å². The fourth-order valence-corrected chi connectivity index (χ4v) is 2.01. The van der Waals surface area contributed by atoms with Crippen LogP contribution in [0.15, 0.2) is 6.20 Å². The zero-order valence-electron chi connectivity index (χ0n) is 9.69. The summed E-state index contributed by atoms with van der Waals surface area (Å²) in [7, 11) is 1.93. The number of hydrogen-bond acceptors (Lipinski definition) is 3. The van der Waals surface area contributed by atoms with Gasteiger partial charge in [0.05, 0.1) is 12.2 Å². The molecule has 0 saturated heterocycles. The summed E-state index contributed by atoms with van der Waals surface area (Å²) in [5.74, 6) is 0.899. The molecule has 16 heavy (non-hydrogen) atoms. The van der Waals surface area contributed by atoms with Crippen molar-refractivity contribution >= 4 is 12.2 Å². The SMILES string of the molecule is CCc1nn(C)cc1Cn1c(C)n[nH]c1=S. The average molecular weight is 237 g/mol. The zero-order valence-corrected chi connectivity index (χ0v) is 10.5. The molecule has 0 atom stereocenters. The van der Waals surface area contributed by atoms with Gasteiger partial charge in [-0.15, -0.1) is 0 Å². The summed E-state index contributed by atoms with van der Waals surface area (Å²) in [4.78, 5) is 0. The number of nitrogens with zero attached hydrogens (tertiary/aromatic N) is 4. The predicted molar refractivity (Wildman–Crippen MR) is 63.8 cm³/mol. The highest BCUT2D eigenvalue weighted by atomic mass is 32.1. The molecule has 0 aliphatic carbocycles. The van der Waals surface area contributed by atoms with Crippen LogP contribution in [0.4, 0.5) is 0 Å². The molecule has 0 aliphatic rings. The molecule has 2 aromatic rings. The Morgan fingerprint density at radius 1 is 1.50 bits per heavy atom. The first-order valence-electron chi connectivity index (χ1n) is 5.25. The van der Waals surface area contributed by atoms with Crippen LogP contribution < -0.4 is 0 Å². The molecule has 5 nitrogen and oxygen atoms in total. The summed E-state index contributed by atoms with van der Waals surface area (Å²) in [6.07, 6.45) is 2.97. The van der Waals surface area contributed by atoms with Crippen molar-refractivity contribution in [1.82, 2.24) is 24.5 Å². The van der Waals surface area contributed by atoms with E-state index < -0.39 is 0 Å². The minimum Gasteiger partial charge on any atom is -0.300 e. The van der Waals surface area contributed by atoms with Crippen molar-refractivity contribution in [3.8, 4) is 0 Å². The number of aromatic nitrogens is 5. The quantitative estimate of drug-likeness (QED) is 0.825. The zero-order chi connectivity index (χ0) is 11.7. The molecule has 0 aliphatic heterocycles. The van der Waals surface area contributed by atoms with Gasteiger partial charge in [-0.05, 0) is 25.6 Å². The van der Waals surface area contributed by atoms with Crippen molar-refractivity contribution in [2.24, 2.45) is 7.05 Å². The van der Waals surface area contributed by atoms with Gasteiger partial charge in [-0.3, -0.25) is 14.3 Å². The lowest BCUT2D eigenvalue weighted by Gasteiger charge is -2.02. The van der Waals surface area contributed by atoms with Gasteiger partial charge in [0.25, 0.3) is 0 Å². The number of H-pyrrole nitrogens is 1. The summed E-state index contributed by atoms with van der Waals surface area (Å²) in [6, 6.07) is 0. The second-order valence-corrected chi connectivity index (χ2v) is 4.18. The lowest BCUT2D eigenvalue weighted by Crippen LogP contribution is -2.03. The largest absolute Gasteiger partial charge is 0.300 e. The van der Waals surface area contributed by atoms with Crippen molar-refractivity contribution in [2.75, 3.05) is 0 Å². The van der Waals surface area contributed by atoms with Gasteiger partial charge in [-0.25, -0.2) is 0 Å². The Morgan fingerprint density at radius 2 is 2.25 bits per heavy atom. The van der Waals surface area contributed by atoms with E-state index in [0.29, 0.717) is 4.77 Å². The van der Waals surface area contributed by atoms with E-state index in [1.165, 1.54) is 5.56 Å². The molecule has 1 N–H and O–H groups in total. The predicted octanol–water partition coefficient (Wildman–Crippen LogP) is 1.59. The van der Waals surface area contributed by atoms with Gasteiger partial charge in [0.15, 0.2) is 4.77 Å². The molecule has 2 rings (SSSR count). The molecule has 2 aromatic heterocycles. The van der Waals surface area contributed by atoms with Crippen LogP contribution in [0.1, 0.15) is 24.0 Å². The highest BCUT2D eigenvalue weighted by Gasteiger charge is 2.08. The molecule has 0 spiro atoms. The summed E-state index contributed by atoms with van der Waals surface area (Å²) in [5.41, 5.74) is 2.32. The Hall–Kier alpha value is -1.43.